The van der Waals surface area contributed by atoms with Crippen LogP contribution in [0.5, 0.6) is 0 Å². The van der Waals surface area contributed by atoms with Gasteiger partial charge in [-0.1, -0.05) is 39.0 Å². The number of hydrazine groups is 1. The van der Waals surface area contributed by atoms with Gasteiger partial charge in [-0.05, 0) is 67.3 Å². The number of carbonyl (C=O) groups is 4. The number of hydrogen-bond acceptors (Lipinski definition) is 6. The molecule has 10 nitrogen and oxygen atoms in total. The Bertz CT molecular complexity index is 1540. The number of nitrogens with zero attached hydrogens (tertiary/aromatic N) is 3. The summed E-state index contributed by atoms with van der Waals surface area (Å²) < 4.78 is 28.3. The minimum Gasteiger partial charge on any atom is -0.390 e. The van der Waals surface area contributed by atoms with Gasteiger partial charge in [0.15, 0.2) is 0 Å². The Kier molecular flexibility index (Phi) is 14.2. The predicted octanol–water partition coefficient (Wildman–Crippen LogP) is 4.30. The van der Waals surface area contributed by atoms with Gasteiger partial charge < -0.3 is 20.2 Å². The van der Waals surface area contributed by atoms with Gasteiger partial charge >= 0.3 is 0 Å². The van der Waals surface area contributed by atoms with Crippen molar-refractivity contribution in [3.8, 4) is 0 Å². The van der Waals surface area contributed by atoms with Crippen molar-refractivity contribution in [2.45, 2.75) is 52.2 Å². The monoisotopic (exact) mass is 665 g/mol. The maximum Gasteiger partial charge on any atom is 0.265 e. The zero-order valence-corrected chi connectivity index (χ0v) is 28.1. The first-order chi connectivity index (χ1) is 22.9. The topological polar surface area (TPSA) is 122 Å². The summed E-state index contributed by atoms with van der Waals surface area (Å²) in [6.45, 7) is 6.79. The van der Waals surface area contributed by atoms with E-state index in [-0.39, 0.29) is 47.7 Å². The summed E-state index contributed by atoms with van der Waals surface area (Å²) in [7, 11) is 3.11. The maximum absolute atomic E-state index is 14.1. The molecule has 2 unspecified atom stereocenters. The molecule has 0 saturated carbocycles. The van der Waals surface area contributed by atoms with Gasteiger partial charge in [-0.2, -0.15) is 0 Å². The molecule has 0 aliphatic carbocycles. The van der Waals surface area contributed by atoms with Crippen LogP contribution in [-0.4, -0.2) is 96.0 Å². The van der Waals surface area contributed by atoms with Crippen molar-refractivity contribution in [3.63, 3.8) is 0 Å². The molecule has 0 saturated heterocycles. The SMILES string of the molecule is CCCN(CCC)C(=O)c1cc(C(=O)NC(Cc2cc(F)cc(F)c2)C(O)CN(CC)NC(=O)c2ccccc2)cc(C(=O)N(C)C)c1. The zero-order chi connectivity index (χ0) is 35.4. The van der Waals surface area contributed by atoms with Gasteiger partial charge in [0.05, 0.1) is 12.1 Å². The number of likely N-dealkylation sites (N-methyl/N-ethyl adjacent to an activating group) is 1. The van der Waals surface area contributed by atoms with E-state index in [4.69, 9.17) is 0 Å². The van der Waals surface area contributed by atoms with Gasteiger partial charge in [0.1, 0.15) is 11.6 Å². The molecule has 0 aliphatic heterocycles. The number of nitrogens with one attached hydrogen (secondary N) is 2. The van der Waals surface area contributed by atoms with Gasteiger partial charge in [0, 0.05) is 68.6 Å². The van der Waals surface area contributed by atoms with Crippen molar-refractivity contribution in [1.29, 1.82) is 0 Å². The number of halogens is 2. The van der Waals surface area contributed by atoms with Crippen LogP contribution >= 0.6 is 0 Å². The molecular weight excluding hydrogens is 620 g/mol. The number of hydrogen-bond donors (Lipinski definition) is 3. The van der Waals surface area contributed by atoms with E-state index in [2.05, 4.69) is 10.7 Å². The van der Waals surface area contributed by atoms with Crippen molar-refractivity contribution in [2.24, 2.45) is 0 Å². The van der Waals surface area contributed by atoms with Gasteiger partial charge in [-0.15, -0.1) is 0 Å². The number of amides is 4. The fourth-order valence-corrected chi connectivity index (χ4v) is 5.22. The summed E-state index contributed by atoms with van der Waals surface area (Å²) in [5.41, 5.74) is 3.58. The first-order valence-electron chi connectivity index (χ1n) is 16.1. The van der Waals surface area contributed by atoms with Crippen molar-refractivity contribution in [2.75, 3.05) is 40.3 Å². The molecule has 3 rings (SSSR count). The van der Waals surface area contributed by atoms with Crippen LogP contribution in [0, 0.1) is 11.6 Å². The zero-order valence-electron chi connectivity index (χ0n) is 28.1. The van der Waals surface area contributed by atoms with Gasteiger partial charge in [0.25, 0.3) is 23.6 Å². The molecule has 12 heteroatoms. The molecule has 0 spiro atoms. The summed E-state index contributed by atoms with van der Waals surface area (Å²) in [5, 5.41) is 15.6. The Hall–Kier alpha value is -4.68. The average molecular weight is 666 g/mol. The molecule has 0 fully saturated rings. The van der Waals surface area contributed by atoms with Crippen LogP contribution in [0.1, 0.15) is 80.6 Å². The van der Waals surface area contributed by atoms with E-state index in [0.717, 1.165) is 31.0 Å². The van der Waals surface area contributed by atoms with Crippen LogP contribution in [0.4, 0.5) is 8.78 Å². The second-order valence-electron chi connectivity index (χ2n) is 11.8. The molecule has 0 radical (unpaired) electrons. The van der Waals surface area contributed by atoms with Gasteiger partial charge in [-0.3, -0.25) is 24.6 Å². The van der Waals surface area contributed by atoms with E-state index >= 15 is 0 Å². The number of rotatable bonds is 16. The molecule has 48 heavy (non-hydrogen) atoms. The molecule has 258 valence electrons. The van der Waals surface area contributed by atoms with Gasteiger partial charge in [-0.25, -0.2) is 13.8 Å². The summed E-state index contributed by atoms with van der Waals surface area (Å²) in [5.74, 6) is -3.52. The Morgan fingerprint density at radius 3 is 1.85 bits per heavy atom. The lowest BCUT2D eigenvalue weighted by atomic mass is 9.98. The Morgan fingerprint density at radius 2 is 1.31 bits per heavy atom. The van der Waals surface area contributed by atoms with E-state index in [1.165, 1.54) is 28.1 Å². The second-order valence-corrected chi connectivity index (χ2v) is 11.8. The van der Waals surface area contributed by atoms with Gasteiger partial charge in [0.2, 0.25) is 0 Å². The highest BCUT2D eigenvalue weighted by molar-refractivity contribution is 6.04. The third-order valence-electron chi connectivity index (χ3n) is 7.61. The van der Waals surface area contributed by atoms with Crippen molar-refractivity contribution in [3.05, 3.63) is 106 Å². The van der Waals surface area contributed by atoms with E-state index in [1.54, 1.807) is 56.3 Å². The number of aliphatic hydroxyl groups excluding tert-OH is 1. The molecule has 4 amide bonds. The van der Waals surface area contributed by atoms with Crippen LogP contribution in [0.25, 0.3) is 0 Å². The third-order valence-corrected chi connectivity index (χ3v) is 7.61. The van der Waals surface area contributed by atoms with E-state index in [0.29, 0.717) is 18.7 Å². The summed E-state index contributed by atoms with van der Waals surface area (Å²) >= 11 is 0. The van der Waals surface area contributed by atoms with E-state index < -0.39 is 41.5 Å². The standard InChI is InChI=1S/C36H45F2N5O5/c1-6-14-42(15-7-2)36(48)28-20-26(19-27(21-28)35(47)41(4)5)33(45)39-31(18-24-16-29(37)22-30(38)17-24)32(44)23-43(8-3)40-34(46)25-12-10-9-11-13-25/h9-13,16-17,19-22,31-32,44H,6-8,14-15,18,23H2,1-5H3,(H,39,45)(H,40,46). The fraction of sp³-hybridized carbons (Fsp3) is 0.389. The molecule has 3 aromatic rings. The molecule has 2 atom stereocenters. The molecular formula is C36H45F2N5O5. The van der Waals surface area contributed by atoms with Crippen LogP contribution < -0.4 is 10.7 Å². The molecule has 0 heterocycles. The highest BCUT2D eigenvalue weighted by Gasteiger charge is 2.27. The van der Waals surface area contributed by atoms with Crippen molar-refractivity contribution >= 4 is 23.6 Å². The normalized spacial score (nSPS) is 12.3. The molecule has 0 aromatic heterocycles. The number of aliphatic hydroxyl groups is 1. The van der Waals surface area contributed by atoms with E-state index in [9.17, 15) is 33.1 Å². The summed E-state index contributed by atoms with van der Waals surface area (Å²) in [6.07, 6.45) is -0.0743. The third kappa shape index (κ3) is 10.7. The lowest BCUT2D eigenvalue weighted by Gasteiger charge is -2.30. The second kappa shape index (κ2) is 18.0. The smallest absolute Gasteiger partial charge is 0.265 e. The number of carbonyl (C=O) groups excluding carboxylic acids is 4. The first kappa shape index (κ1) is 37.8. The lowest BCUT2D eigenvalue weighted by molar-refractivity contribution is 0.0470. The van der Waals surface area contributed by atoms with Crippen molar-refractivity contribution in [1.82, 2.24) is 25.6 Å². The van der Waals surface area contributed by atoms with Crippen LogP contribution in [0.2, 0.25) is 0 Å². The predicted molar refractivity (Wildman–Crippen MR) is 179 cm³/mol. The largest absolute Gasteiger partial charge is 0.390 e. The van der Waals surface area contributed by atoms with Crippen LogP contribution in [0.3, 0.4) is 0 Å². The molecule has 3 aromatic carbocycles. The van der Waals surface area contributed by atoms with Crippen LogP contribution in [-0.2, 0) is 6.42 Å². The highest BCUT2D eigenvalue weighted by atomic mass is 19.1. The Morgan fingerprint density at radius 1 is 0.750 bits per heavy atom. The Labute approximate surface area is 280 Å². The summed E-state index contributed by atoms with van der Waals surface area (Å²) in [4.78, 5) is 56.2. The summed E-state index contributed by atoms with van der Waals surface area (Å²) in [6, 6.07) is 14.5. The maximum atomic E-state index is 14.1. The molecule has 0 bridgehead atoms. The van der Waals surface area contributed by atoms with E-state index in [1.807, 2.05) is 13.8 Å². The fourth-order valence-electron chi connectivity index (χ4n) is 5.22. The van der Waals surface area contributed by atoms with Crippen molar-refractivity contribution < 1.29 is 33.1 Å². The lowest BCUT2D eigenvalue weighted by Crippen LogP contribution is -2.53. The minimum atomic E-state index is -1.34. The molecule has 0 aliphatic rings. The highest BCUT2D eigenvalue weighted by Crippen LogP contribution is 2.18. The molecule has 3 N–H and O–H groups in total. The first-order valence-corrected chi connectivity index (χ1v) is 16.1. The van der Waals surface area contributed by atoms with Crippen LogP contribution in [0.15, 0.2) is 66.7 Å². The average Bonchev–Trinajstić information content (AvgIpc) is 3.06. The minimum absolute atomic E-state index is 0.00801. The quantitative estimate of drug-likeness (QED) is 0.196. The Balaban J connectivity index is 1.96. The number of benzene rings is 3.